The number of halogens is 1. The first-order chi connectivity index (χ1) is 21.7. The summed E-state index contributed by atoms with van der Waals surface area (Å²) in [5, 5.41) is 22.9. The smallest absolute Gasteiger partial charge is 0.308 e. The fourth-order valence-electron chi connectivity index (χ4n) is 5.60. The standard InChI is InChI=1S/C36H44FNO7/c1-4-8-26(36(41)42)22-38-35(40)32-17-13-25-12-16-31(28(9-5-2)34(25)45-32)43-18-7-19-44-33-21-30(39)29(20-23(33)6-3)24-10-14-27(37)15-11-24/h10-12,14-16,20-21,26,32,39H,4-9,13,17-19,22H2,1-3H3,(H,38,40)(H,41,42). The number of nitrogens with one attached hydrogen (secondary N) is 1. The Morgan fingerprint density at radius 1 is 1.02 bits per heavy atom. The first-order valence-electron chi connectivity index (χ1n) is 15.9. The number of phenolic OH excluding ortho intramolecular Hbond substituents is 1. The van der Waals surface area contributed by atoms with Crippen LogP contribution in [0.1, 0.15) is 69.6 Å². The number of benzene rings is 3. The zero-order chi connectivity index (χ0) is 32.3. The third kappa shape index (κ3) is 8.68. The Bertz CT molecular complexity index is 1460. The Morgan fingerprint density at radius 3 is 2.42 bits per heavy atom. The molecule has 2 unspecified atom stereocenters. The van der Waals surface area contributed by atoms with Gasteiger partial charge in [-0.1, -0.05) is 51.8 Å². The first-order valence-corrected chi connectivity index (χ1v) is 15.9. The van der Waals surface area contributed by atoms with Crippen molar-refractivity contribution in [1.82, 2.24) is 5.32 Å². The van der Waals surface area contributed by atoms with Gasteiger partial charge >= 0.3 is 5.97 Å². The van der Waals surface area contributed by atoms with E-state index in [0.717, 1.165) is 41.5 Å². The van der Waals surface area contributed by atoms with Gasteiger partial charge in [0.15, 0.2) is 6.10 Å². The molecule has 3 N–H and O–H groups in total. The number of phenols is 1. The molecule has 1 amide bonds. The van der Waals surface area contributed by atoms with Crippen LogP contribution < -0.4 is 19.5 Å². The maximum Gasteiger partial charge on any atom is 0.308 e. The molecule has 0 bridgehead atoms. The highest BCUT2D eigenvalue weighted by molar-refractivity contribution is 5.82. The summed E-state index contributed by atoms with van der Waals surface area (Å²) in [6, 6.07) is 13.4. The van der Waals surface area contributed by atoms with Crippen LogP contribution in [0.4, 0.5) is 4.39 Å². The average Bonchev–Trinajstić information content (AvgIpc) is 3.03. The molecule has 2 atom stereocenters. The lowest BCUT2D eigenvalue weighted by atomic mass is 9.96. The van der Waals surface area contributed by atoms with Gasteiger partial charge in [-0.25, -0.2) is 4.39 Å². The van der Waals surface area contributed by atoms with Gasteiger partial charge in [0, 0.05) is 30.2 Å². The molecule has 45 heavy (non-hydrogen) atoms. The van der Waals surface area contributed by atoms with Gasteiger partial charge in [0.1, 0.15) is 28.8 Å². The molecule has 0 radical (unpaired) electrons. The van der Waals surface area contributed by atoms with E-state index in [1.165, 1.54) is 12.1 Å². The van der Waals surface area contributed by atoms with Crippen LogP contribution in [0.2, 0.25) is 0 Å². The SMILES string of the molecule is CCCc1c(OCCCOc2cc(O)c(-c3ccc(F)cc3)cc2CC)ccc2c1OC(C(=O)NCC(CCC)C(=O)O)CC2. The summed E-state index contributed by atoms with van der Waals surface area (Å²) in [5.41, 5.74) is 4.25. The van der Waals surface area contributed by atoms with Gasteiger partial charge in [-0.3, -0.25) is 9.59 Å². The number of hydrogen-bond donors (Lipinski definition) is 3. The van der Waals surface area contributed by atoms with E-state index in [1.54, 1.807) is 18.2 Å². The van der Waals surface area contributed by atoms with Gasteiger partial charge in [-0.05, 0) is 73.1 Å². The Labute approximate surface area is 264 Å². The number of ether oxygens (including phenoxy) is 3. The third-order valence-corrected chi connectivity index (χ3v) is 8.06. The number of hydrogen-bond acceptors (Lipinski definition) is 6. The summed E-state index contributed by atoms with van der Waals surface area (Å²) in [4.78, 5) is 24.4. The fraction of sp³-hybridized carbons (Fsp3) is 0.444. The van der Waals surface area contributed by atoms with Crippen molar-refractivity contribution in [3.05, 3.63) is 71.0 Å². The molecule has 0 saturated carbocycles. The zero-order valence-electron chi connectivity index (χ0n) is 26.4. The Kier molecular flexibility index (Phi) is 12.1. The highest BCUT2D eigenvalue weighted by Crippen LogP contribution is 2.39. The van der Waals surface area contributed by atoms with Gasteiger partial charge in [-0.2, -0.15) is 0 Å². The predicted molar refractivity (Wildman–Crippen MR) is 171 cm³/mol. The summed E-state index contributed by atoms with van der Waals surface area (Å²) >= 11 is 0. The van der Waals surface area contributed by atoms with Crippen LogP contribution in [0.3, 0.4) is 0 Å². The normalized spacial score (nSPS) is 14.6. The van der Waals surface area contributed by atoms with Crippen LogP contribution in [0.5, 0.6) is 23.0 Å². The van der Waals surface area contributed by atoms with Crippen LogP contribution in [-0.2, 0) is 28.9 Å². The van der Waals surface area contributed by atoms with Crippen molar-refractivity contribution in [3.63, 3.8) is 0 Å². The minimum atomic E-state index is -0.909. The number of amides is 1. The van der Waals surface area contributed by atoms with Crippen molar-refractivity contribution >= 4 is 11.9 Å². The molecule has 1 heterocycles. The highest BCUT2D eigenvalue weighted by atomic mass is 19.1. The van der Waals surface area contributed by atoms with Crippen LogP contribution in [-0.4, -0.2) is 48.0 Å². The van der Waals surface area contributed by atoms with Gasteiger partial charge in [0.05, 0.1) is 19.1 Å². The molecule has 1 aliphatic rings. The van der Waals surface area contributed by atoms with E-state index in [-0.39, 0.29) is 24.0 Å². The second kappa shape index (κ2) is 16.2. The van der Waals surface area contributed by atoms with Crippen molar-refractivity contribution in [2.45, 2.75) is 78.2 Å². The summed E-state index contributed by atoms with van der Waals surface area (Å²) < 4.78 is 31.8. The number of carboxylic acid groups (broad SMARTS) is 1. The lowest BCUT2D eigenvalue weighted by molar-refractivity contribution is -0.142. The topological polar surface area (TPSA) is 114 Å². The molecular formula is C36H44FNO7. The molecule has 1 aliphatic heterocycles. The molecule has 0 saturated heterocycles. The van der Waals surface area contributed by atoms with Crippen molar-refractivity contribution in [2.24, 2.45) is 5.92 Å². The van der Waals surface area contributed by atoms with Gasteiger partial charge in [0.2, 0.25) is 0 Å². The molecule has 4 rings (SSSR count). The van der Waals surface area contributed by atoms with Crippen LogP contribution in [0, 0.1) is 11.7 Å². The second-order valence-corrected chi connectivity index (χ2v) is 11.4. The molecule has 9 heteroatoms. The Morgan fingerprint density at radius 2 is 1.76 bits per heavy atom. The van der Waals surface area contributed by atoms with E-state index in [0.29, 0.717) is 68.1 Å². The number of aromatic hydroxyl groups is 1. The molecule has 0 aliphatic carbocycles. The molecule has 0 fully saturated rings. The zero-order valence-corrected chi connectivity index (χ0v) is 26.4. The van der Waals surface area contributed by atoms with Crippen LogP contribution in [0.15, 0.2) is 48.5 Å². The number of fused-ring (bicyclic) bond motifs is 1. The highest BCUT2D eigenvalue weighted by Gasteiger charge is 2.30. The number of aliphatic carboxylic acids is 1. The lowest BCUT2D eigenvalue weighted by Gasteiger charge is -2.28. The summed E-state index contributed by atoms with van der Waals surface area (Å²) in [5.74, 6) is -0.0882. The molecule has 3 aromatic rings. The van der Waals surface area contributed by atoms with Gasteiger partial charge in [-0.15, -0.1) is 0 Å². The monoisotopic (exact) mass is 621 g/mol. The molecule has 0 spiro atoms. The van der Waals surface area contributed by atoms with Crippen molar-refractivity contribution in [1.29, 1.82) is 0 Å². The van der Waals surface area contributed by atoms with E-state index in [2.05, 4.69) is 12.2 Å². The first kappa shape index (κ1) is 33.6. The summed E-state index contributed by atoms with van der Waals surface area (Å²) in [6.07, 6.45) is 4.63. The molecular weight excluding hydrogens is 577 g/mol. The van der Waals surface area contributed by atoms with Gasteiger partial charge in [0.25, 0.3) is 5.91 Å². The van der Waals surface area contributed by atoms with Crippen molar-refractivity contribution < 1.29 is 38.4 Å². The minimum absolute atomic E-state index is 0.0676. The van der Waals surface area contributed by atoms with E-state index < -0.39 is 18.0 Å². The maximum absolute atomic E-state index is 13.4. The van der Waals surface area contributed by atoms with E-state index in [1.807, 2.05) is 32.0 Å². The Balaban J connectivity index is 1.35. The largest absolute Gasteiger partial charge is 0.507 e. The van der Waals surface area contributed by atoms with Crippen LogP contribution >= 0.6 is 0 Å². The number of carbonyl (C=O) groups excluding carboxylic acids is 1. The van der Waals surface area contributed by atoms with Gasteiger partial charge < -0.3 is 29.7 Å². The summed E-state index contributed by atoms with van der Waals surface area (Å²) in [7, 11) is 0. The fourth-order valence-corrected chi connectivity index (χ4v) is 5.60. The quantitative estimate of drug-likeness (QED) is 0.150. The number of carboxylic acids is 1. The number of rotatable bonds is 16. The second-order valence-electron chi connectivity index (χ2n) is 11.4. The summed E-state index contributed by atoms with van der Waals surface area (Å²) in [6.45, 7) is 6.87. The third-order valence-electron chi connectivity index (χ3n) is 8.06. The van der Waals surface area contributed by atoms with E-state index >= 15 is 0 Å². The van der Waals surface area contributed by atoms with Crippen LogP contribution in [0.25, 0.3) is 11.1 Å². The number of carbonyl (C=O) groups is 2. The van der Waals surface area contributed by atoms with Crippen molar-refractivity contribution in [2.75, 3.05) is 19.8 Å². The molecule has 242 valence electrons. The van der Waals surface area contributed by atoms with E-state index in [9.17, 15) is 24.2 Å². The lowest BCUT2D eigenvalue weighted by Crippen LogP contribution is -2.43. The molecule has 8 nitrogen and oxygen atoms in total. The molecule has 0 aromatic heterocycles. The average molecular weight is 622 g/mol. The molecule has 3 aromatic carbocycles. The Hall–Kier alpha value is -4.27. The number of aryl methyl sites for hydroxylation is 2. The van der Waals surface area contributed by atoms with E-state index in [4.69, 9.17) is 14.2 Å². The maximum atomic E-state index is 13.4. The predicted octanol–water partition coefficient (Wildman–Crippen LogP) is 6.87. The van der Waals surface area contributed by atoms with Crippen molar-refractivity contribution in [3.8, 4) is 34.1 Å². The minimum Gasteiger partial charge on any atom is -0.507 e.